The van der Waals surface area contributed by atoms with Crippen molar-refractivity contribution in [1.82, 2.24) is 4.90 Å². The van der Waals surface area contributed by atoms with E-state index in [2.05, 4.69) is 31.9 Å². The Morgan fingerprint density at radius 3 is 2.17 bits per heavy atom. The van der Waals surface area contributed by atoms with Crippen LogP contribution in [0.2, 0.25) is 0 Å². The van der Waals surface area contributed by atoms with Crippen LogP contribution in [0.1, 0.15) is 33.2 Å². The maximum absolute atomic E-state index is 12.5. The molecular formula is C24H17Br2NO3. The Kier molecular flexibility index (Phi) is 5.88. The first-order valence-electron chi connectivity index (χ1n) is 9.29. The van der Waals surface area contributed by atoms with E-state index >= 15 is 0 Å². The second kappa shape index (κ2) is 8.58. The van der Waals surface area contributed by atoms with Gasteiger partial charge in [0, 0.05) is 11.0 Å². The van der Waals surface area contributed by atoms with Gasteiger partial charge in [-0.25, -0.2) is 0 Å². The number of carbonyl (C=O) groups excluding carboxylic acids is 2. The van der Waals surface area contributed by atoms with Gasteiger partial charge in [-0.1, -0.05) is 46.3 Å². The van der Waals surface area contributed by atoms with Crippen molar-refractivity contribution in [3.8, 4) is 11.5 Å². The minimum Gasteiger partial charge on any atom is -0.456 e. The van der Waals surface area contributed by atoms with E-state index in [0.29, 0.717) is 11.1 Å². The molecule has 0 aromatic heterocycles. The number of imide groups is 1. The summed E-state index contributed by atoms with van der Waals surface area (Å²) in [6.07, 6.45) is 1.89. The highest BCUT2D eigenvalue weighted by Gasteiger charge is 2.34. The van der Waals surface area contributed by atoms with E-state index in [1.54, 1.807) is 24.3 Å². The highest BCUT2D eigenvalue weighted by atomic mass is 79.9. The molecule has 2 amide bonds. The van der Waals surface area contributed by atoms with Crippen LogP contribution in [0.3, 0.4) is 0 Å². The lowest BCUT2D eigenvalue weighted by atomic mass is 10.1. The molecule has 150 valence electrons. The molecule has 0 saturated heterocycles. The summed E-state index contributed by atoms with van der Waals surface area (Å²) in [6.45, 7) is 2.20. The summed E-state index contributed by atoms with van der Waals surface area (Å²) in [4.78, 5) is 26.2. The zero-order valence-electron chi connectivity index (χ0n) is 16.1. The van der Waals surface area contributed by atoms with Crippen LogP contribution in [-0.4, -0.2) is 23.3 Å². The Hall–Kier alpha value is -2.70. The summed E-state index contributed by atoms with van der Waals surface area (Å²) in [6, 6.07) is 20.3. The molecule has 4 rings (SSSR count). The summed E-state index contributed by atoms with van der Waals surface area (Å²) in [7, 11) is 0. The highest BCUT2D eigenvalue weighted by Crippen LogP contribution is 2.32. The topological polar surface area (TPSA) is 46.6 Å². The van der Waals surface area contributed by atoms with Crippen molar-refractivity contribution in [1.29, 1.82) is 0 Å². The fourth-order valence-corrected chi connectivity index (χ4v) is 4.35. The average molecular weight is 527 g/mol. The normalized spacial score (nSPS) is 13.6. The molecule has 3 aromatic rings. The lowest BCUT2D eigenvalue weighted by Crippen LogP contribution is -2.29. The maximum Gasteiger partial charge on any atom is 0.261 e. The van der Waals surface area contributed by atoms with E-state index in [9.17, 15) is 9.59 Å². The van der Waals surface area contributed by atoms with Crippen LogP contribution < -0.4 is 4.74 Å². The molecule has 0 unspecified atom stereocenters. The Morgan fingerprint density at radius 2 is 1.57 bits per heavy atom. The first kappa shape index (κ1) is 20.6. The molecule has 0 spiro atoms. The number of hydrogen-bond acceptors (Lipinski definition) is 3. The molecule has 6 heteroatoms. The van der Waals surface area contributed by atoms with Gasteiger partial charge in [0.2, 0.25) is 0 Å². The summed E-state index contributed by atoms with van der Waals surface area (Å²) in [5.41, 5.74) is 2.90. The van der Waals surface area contributed by atoms with E-state index < -0.39 is 0 Å². The summed E-state index contributed by atoms with van der Waals surface area (Å²) >= 11 is 6.92. The van der Waals surface area contributed by atoms with E-state index in [4.69, 9.17) is 4.74 Å². The molecule has 0 radical (unpaired) electrons. The van der Waals surface area contributed by atoms with Gasteiger partial charge in [-0.3, -0.25) is 14.5 Å². The van der Waals surface area contributed by atoms with Gasteiger partial charge < -0.3 is 4.74 Å². The number of halogens is 2. The van der Waals surface area contributed by atoms with Gasteiger partial charge in [-0.05, 0) is 76.5 Å². The van der Waals surface area contributed by atoms with E-state index in [-0.39, 0.29) is 18.4 Å². The first-order chi connectivity index (χ1) is 14.4. The van der Waals surface area contributed by atoms with Crippen molar-refractivity contribution in [3.63, 3.8) is 0 Å². The highest BCUT2D eigenvalue weighted by molar-refractivity contribution is 9.11. The molecular weight excluding hydrogens is 510 g/mol. The Balaban J connectivity index is 1.45. The number of benzene rings is 3. The third-order valence-electron chi connectivity index (χ3n) is 4.89. The van der Waals surface area contributed by atoms with E-state index in [1.165, 1.54) is 4.90 Å². The number of carbonyl (C=O) groups is 2. The average Bonchev–Trinajstić information content (AvgIpc) is 2.99. The molecule has 1 aliphatic rings. The van der Waals surface area contributed by atoms with Crippen LogP contribution in [0.4, 0.5) is 0 Å². The van der Waals surface area contributed by atoms with E-state index in [1.807, 2.05) is 55.5 Å². The Bertz CT molecular complexity index is 1130. The molecule has 0 N–H and O–H groups in total. The smallest absolute Gasteiger partial charge is 0.261 e. The zero-order chi connectivity index (χ0) is 21.3. The van der Waals surface area contributed by atoms with Gasteiger partial charge in [0.1, 0.15) is 11.5 Å². The second-order valence-electron chi connectivity index (χ2n) is 6.85. The maximum atomic E-state index is 12.5. The zero-order valence-corrected chi connectivity index (χ0v) is 19.2. The Morgan fingerprint density at radius 1 is 0.933 bits per heavy atom. The molecule has 30 heavy (non-hydrogen) atoms. The van der Waals surface area contributed by atoms with Crippen LogP contribution in [0.15, 0.2) is 81.8 Å². The van der Waals surface area contributed by atoms with Crippen molar-refractivity contribution >= 4 is 49.2 Å². The number of amides is 2. The molecule has 0 atom stereocenters. The quantitative estimate of drug-likeness (QED) is 0.347. The molecule has 0 aliphatic carbocycles. The number of allylic oxidation sites excluding steroid dienone is 1. The van der Waals surface area contributed by atoms with Gasteiger partial charge in [0.15, 0.2) is 0 Å². The van der Waals surface area contributed by atoms with Crippen molar-refractivity contribution in [2.75, 3.05) is 6.54 Å². The molecule has 0 fully saturated rings. The van der Waals surface area contributed by atoms with Gasteiger partial charge in [0.25, 0.3) is 11.8 Å². The third kappa shape index (κ3) is 4.11. The number of nitrogens with zero attached hydrogens (tertiary/aromatic N) is 1. The standard InChI is InChI=1S/C24H17Br2NO3/c1-15(12-13-27-23(28)19-4-2-3-5-20(19)24(27)29)16-6-9-18(10-7-16)30-22-11-8-17(25)14-21(22)26/h2-12,14H,13H2,1H3. The number of hydrogen-bond donors (Lipinski definition) is 0. The van der Waals surface area contributed by atoms with Crippen LogP contribution >= 0.6 is 31.9 Å². The molecule has 4 nitrogen and oxygen atoms in total. The third-order valence-corrected chi connectivity index (χ3v) is 6.00. The molecule has 1 heterocycles. The minimum atomic E-state index is -0.247. The van der Waals surface area contributed by atoms with Crippen molar-refractivity contribution in [2.24, 2.45) is 0 Å². The van der Waals surface area contributed by atoms with Gasteiger partial charge in [-0.2, -0.15) is 0 Å². The monoisotopic (exact) mass is 525 g/mol. The summed E-state index contributed by atoms with van der Waals surface area (Å²) < 4.78 is 7.75. The molecule has 0 bridgehead atoms. The van der Waals surface area contributed by atoms with Crippen LogP contribution in [0.5, 0.6) is 11.5 Å². The van der Waals surface area contributed by atoms with E-state index in [0.717, 1.165) is 31.6 Å². The first-order valence-corrected chi connectivity index (χ1v) is 10.9. The number of rotatable bonds is 5. The second-order valence-corrected chi connectivity index (χ2v) is 8.62. The predicted octanol–water partition coefficient (Wildman–Crippen LogP) is 6.70. The Labute approximate surface area is 191 Å². The van der Waals surface area contributed by atoms with Crippen molar-refractivity contribution < 1.29 is 14.3 Å². The predicted molar refractivity (Wildman–Crippen MR) is 124 cm³/mol. The summed E-state index contributed by atoms with van der Waals surface area (Å²) in [5.74, 6) is 0.950. The number of ether oxygens (including phenoxy) is 1. The minimum absolute atomic E-state index is 0.238. The van der Waals surface area contributed by atoms with Crippen LogP contribution in [-0.2, 0) is 0 Å². The van der Waals surface area contributed by atoms with Crippen molar-refractivity contribution in [3.05, 3.63) is 98.4 Å². The van der Waals surface area contributed by atoms with Gasteiger partial charge in [-0.15, -0.1) is 0 Å². The SMILES string of the molecule is CC(=CCN1C(=O)c2ccccc2C1=O)c1ccc(Oc2ccc(Br)cc2Br)cc1. The fraction of sp³-hybridized carbons (Fsp3) is 0.0833. The number of fused-ring (bicyclic) bond motifs is 1. The van der Waals surface area contributed by atoms with Crippen LogP contribution in [0.25, 0.3) is 5.57 Å². The molecule has 0 saturated carbocycles. The largest absolute Gasteiger partial charge is 0.456 e. The summed E-state index contributed by atoms with van der Waals surface area (Å²) in [5, 5.41) is 0. The molecule has 1 aliphatic heterocycles. The lowest BCUT2D eigenvalue weighted by molar-refractivity contribution is 0.0672. The lowest BCUT2D eigenvalue weighted by Gasteiger charge is -2.12. The van der Waals surface area contributed by atoms with Crippen LogP contribution in [0, 0.1) is 0 Å². The fourth-order valence-electron chi connectivity index (χ4n) is 3.22. The molecule has 3 aromatic carbocycles. The van der Waals surface area contributed by atoms with Gasteiger partial charge >= 0.3 is 0 Å². The van der Waals surface area contributed by atoms with Gasteiger partial charge in [0.05, 0.1) is 15.6 Å². The van der Waals surface area contributed by atoms with Crippen molar-refractivity contribution in [2.45, 2.75) is 6.92 Å².